The van der Waals surface area contributed by atoms with Gasteiger partial charge in [-0.3, -0.25) is 4.57 Å². The van der Waals surface area contributed by atoms with E-state index >= 15 is 0 Å². The molecule has 2 aromatic heterocycles. The van der Waals surface area contributed by atoms with Gasteiger partial charge < -0.3 is 9.32 Å². The zero-order valence-electron chi connectivity index (χ0n) is 14.8. The normalized spacial score (nSPS) is 11.8. The van der Waals surface area contributed by atoms with Crippen LogP contribution in [-0.2, 0) is 23.6 Å². The second-order valence-electron chi connectivity index (χ2n) is 6.06. The van der Waals surface area contributed by atoms with Gasteiger partial charge in [0.05, 0.1) is 17.0 Å². The molecule has 0 radical (unpaired) electrons. The van der Waals surface area contributed by atoms with Crippen molar-refractivity contribution in [2.24, 2.45) is 7.05 Å². The molecule has 1 aromatic carbocycles. The summed E-state index contributed by atoms with van der Waals surface area (Å²) in [5.74, 6) is 0.516. The van der Waals surface area contributed by atoms with E-state index in [-0.39, 0.29) is 11.4 Å². The number of nitrogens with zero attached hydrogens (tertiary/aromatic N) is 4. The maximum Gasteiger partial charge on any atom is 0.419 e. The molecular weight excluding hydrogens is 358 g/mol. The van der Waals surface area contributed by atoms with E-state index in [0.717, 1.165) is 5.69 Å². The molecule has 0 aliphatic carbocycles. The number of sulfonamides is 1. The van der Waals surface area contributed by atoms with E-state index in [1.807, 2.05) is 32.0 Å². The van der Waals surface area contributed by atoms with Gasteiger partial charge in [0, 0.05) is 32.9 Å². The van der Waals surface area contributed by atoms with Crippen LogP contribution in [0.15, 0.2) is 38.4 Å². The number of fused-ring (bicyclic) bond motifs is 1. The first-order chi connectivity index (χ1) is 12.2. The van der Waals surface area contributed by atoms with Crippen molar-refractivity contribution in [1.82, 2.24) is 19.3 Å². The molecule has 0 fully saturated rings. The van der Waals surface area contributed by atoms with Gasteiger partial charge >= 0.3 is 5.76 Å². The maximum absolute atomic E-state index is 12.6. The first-order valence-electron chi connectivity index (χ1n) is 7.78. The highest BCUT2D eigenvalue weighted by molar-refractivity contribution is 7.89. The molecule has 3 aromatic rings. The van der Waals surface area contributed by atoms with Gasteiger partial charge in [-0.2, -0.15) is 0 Å². The molecule has 3 rings (SSSR count). The number of nitrogens with one attached hydrogen (secondary N) is 1. The summed E-state index contributed by atoms with van der Waals surface area (Å²) in [6, 6.07) is 6.05. The molecular formula is C16H19N5O4S. The van der Waals surface area contributed by atoms with Crippen molar-refractivity contribution >= 4 is 26.9 Å². The molecule has 0 saturated carbocycles. The minimum atomic E-state index is -3.80. The SMILES string of the molecule is Cc1cc(N(C)C)nc(CNS(=O)(=O)c2ccc3oc(=O)n(C)c3c2)n1. The Kier molecular flexibility index (Phi) is 4.55. The number of hydrogen-bond acceptors (Lipinski definition) is 7. The number of aromatic nitrogens is 3. The summed E-state index contributed by atoms with van der Waals surface area (Å²) in [6.07, 6.45) is 0. The standard InChI is InChI=1S/C16H19N5O4S/c1-10-7-15(20(2)3)19-14(18-10)9-17-26(23,24)11-5-6-13-12(8-11)21(4)16(22)25-13/h5-8,17H,9H2,1-4H3. The summed E-state index contributed by atoms with van der Waals surface area (Å²) < 4.78 is 33.9. The molecule has 138 valence electrons. The van der Waals surface area contributed by atoms with Crippen LogP contribution >= 0.6 is 0 Å². The molecule has 9 nitrogen and oxygen atoms in total. The first-order valence-corrected chi connectivity index (χ1v) is 9.27. The quantitative estimate of drug-likeness (QED) is 0.699. The van der Waals surface area contributed by atoms with Crippen LogP contribution in [-0.4, -0.2) is 37.0 Å². The van der Waals surface area contributed by atoms with Crippen LogP contribution in [0.2, 0.25) is 0 Å². The zero-order valence-corrected chi connectivity index (χ0v) is 15.7. The monoisotopic (exact) mass is 377 g/mol. The third kappa shape index (κ3) is 3.46. The first kappa shape index (κ1) is 18.1. The lowest BCUT2D eigenvalue weighted by atomic mass is 10.3. The van der Waals surface area contributed by atoms with Gasteiger partial charge in [0.25, 0.3) is 0 Å². The van der Waals surface area contributed by atoms with Crippen LogP contribution in [0.4, 0.5) is 5.82 Å². The smallest absolute Gasteiger partial charge is 0.408 e. The van der Waals surface area contributed by atoms with Crippen LogP contribution in [0.3, 0.4) is 0 Å². The van der Waals surface area contributed by atoms with E-state index in [0.29, 0.717) is 22.7 Å². The predicted octanol–water partition coefficient (Wildman–Crippen LogP) is 0.774. The van der Waals surface area contributed by atoms with E-state index < -0.39 is 15.8 Å². The van der Waals surface area contributed by atoms with Crippen LogP contribution in [0.5, 0.6) is 0 Å². The Morgan fingerprint density at radius 3 is 2.65 bits per heavy atom. The van der Waals surface area contributed by atoms with Gasteiger partial charge in [-0.15, -0.1) is 0 Å². The molecule has 0 spiro atoms. The topological polar surface area (TPSA) is 110 Å². The van der Waals surface area contributed by atoms with Gasteiger partial charge in [-0.1, -0.05) is 0 Å². The Labute approximate surface area is 150 Å². The molecule has 1 N–H and O–H groups in total. The van der Waals surface area contributed by atoms with Crippen LogP contribution in [0.1, 0.15) is 11.5 Å². The van der Waals surface area contributed by atoms with Crippen molar-refractivity contribution in [1.29, 1.82) is 0 Å². The van der Waals surface area contributed by atoms with Gasteiger partial charge in [0.2, 0.25) is 10.0 Å². The summed E-state index contributed by atoms with van der Waals surface area (Å²) >= 11 is 0. The van der Waals surface area contributed by atoms with Gasteiger partial charge in [0.1, 0.15) is 11.6 Å². The lowest BCUT2D eigenvalue weighted by Gasteiger charge is -2.13. The van der Waals surface area contributed by atoms with Crippen molar-refractivity contribution in [3.05, 3.63) is 46.3 Å². The van der Waals surface area contributed by atoms with Gasteiger partial charge in [-0.25, -0.2) is 27.9 Å². The minimum absolute atomic E-state index is 0.0295. The van der Waals surface area contributed by atoms with Crippen LogP contribution in [0.25, 0.3) is 11.1 Å². The van der Waals surface area contributed by atoms with Crippen molar-refractivity contribution < 1.29 is 12.8 Å². The van der Waals surface area contributed by atoms with E-state index in [1.165, 1.54) is 29.8 Å². The summed E-state index contributed by atoms with van der Waals surface area (Å²) in [7, 11) is 1.41. The van der Waals surface area contributed by atoms with Crippen molar-refractivity contribution in [2.75, 3.05) is 19.0 Å². The summed E-state index contributed by atoms with van der Waals surface area (Å²) in [5, 5.41) is 0. The summed E-state index contributed by atoms with van der Waals surface area (Å²) in [5.41, 5.74) is 1.47. The molecule has 0 aliphatic heterocycles. The average Bonchev–Trinajstić information content (AvgIpc) is 2.86. The third-order valence-corrected chi connectivity index (χ3v) is 5.24. The lowest BCUT2D eigenvalue weighted by Crippen LogP contribution is -2.25. The second-order valence-corrected chi connectivity index (χ2v) is 7.83. The molecule has 2 heterocycles. The molecule has 10 heteroatoms. The summed E-state index contributed by atoms with van der Waals surface area (Å²) in [4.78, 5) is 22.0. The fourth-order valence-electron chi connectivity index (χ4n) is 2.44. The zero-order chi connectivity index (χ0) is 19.1. The Bertz CT molecular complexity index is 1130. The molecule has 0 amide bonds. The predicted molar refractivity (Wildman–Crippen MR) is 96.6 cm³/mol. The van der Waals surface area contributed by atoms with Gasteiger partial charge in [-0.05, 0) is 25.1 Å². The Balaban J connectivity index is 1.88. The molecule has 0 saturated heterocycles. The average molecular weight is 377 g/mol. The number of anilines is 1. The van der Waals surface area contributed by atoms with Crippen molar-refractivity contribution in [2.45, 2.75) is 18.4 Å². The molecule has 0 unspecified atom stereocenters. The number of hydrogen-bond donors (Lipinski definition) is 1. The molecule has 0 bridgehead atoms. The van der Waals surface area contributed by atoms with Crippen molar-refractivity contribution in [3.63, 3.8) is 0 Å². The van der Waals surface area contributed by atoms with Crippen LogP contribution < -0.4 is 15.4 Å². The highest BCUT2D eigenvalue weighted by Gasteiger charge is 2.17. The fraction of sp³-hybridized carbons (Fsp3) is 0.312. The van der Waals surface area contributed by atoms with Crippen LogP contribution in [0, 0.1) is 6.92 Å². The third-order valence-electron chi connectivity index (χ3n) is 3.84. The molecule has 26 heavy (non-hydrogen) atoms. The number of aryl methyl sites for hydroxylation is 2. The number of benzene rings is 1. The van der Waals surface area contributed by atoms with E-state index in [9.17, 15) is 13.2 Å². The number of rotatable bonds is 5. The highest BCUT2D eigenvalue weighted by atomic mass is 32.2. The Hall–Kier alpha value is -2.72. The van der Waals surface area contributed by atoms with E-state index in [1.54, 1.807) is 0 Å². The number of oxazole rings is 1. The van der Waals surface area contributed by atoms with E-state index in [2.05, 4.69) is 14.7 Å². The fourth-order valence-corrected chi connectivity index (χ4v) is 3.44. The Morgan fingerprint density at radius 1 is 1.23 bits per heavy atom. The largest absolute Gasteiger partial charge is 0.419 e. The summed E-state index contributed by atoms with van der Waals surface area (Å²) in [6.45, 7) is 1.77. The second kappa shape index (κ2) is 6.54. The molecule has 0 atom stereocenters. The van der Waals surface area contributed by atoms with E-state index in [4.69, 9.17) is 4.42 Å². The van der Waals surface area contributed by atoms with Crippen molar-refractivity contribution in [3.8, 4) is 0 Å². The minimum Gasteiger partial charge on any atom is -0.408 e. The lowest BCUT2D eigenvalue weighted by molar-refractivity contribution is 0.528. The Morgan fingerprint density at radius 2 is 1.96 bits per heavy atom. The van der Waals surface area contributed by atoms with Gasteiger partial charge in [0.15, 0.2) is 5.58 Å². The maximum atomic E-state index is 12.6. The molecule has 0 aliphatic rings. The highest BCUT2D eigenvalue weighted by Crippen LogP contribution is 2.18.